The van der Waals surface area contributed by atoms with E-state index in [4.69, 9.17) is 11.6 Å². The summed E-state index contributed by atoms with van der Waals surface area (Å²) in [7, 11) is 0. The largest absolute Gasteiger partial charge is 0.259 e. The highest BCUT2D eigenvalue weighted by atomic mass is 35.5. The minimum absolute atomic E-state index is 0.0326. The Kier molecular flexibility index (Phi) is 3.30. The van der Waals surface area contributed by atoms with E-state index in [2.05, 4.69) is 4.98 Å². The Labute approximate surface area is 109 Å². The maximum absolute atomic E-state index is 10.6. The lowest BCUT2D eigenvalue weighted by Gasteiger charge is -2.03. The van der Waals surface area contributed by atoms with Crippen LogP contribution in [0.2, 0.25) is 5.15 Å². The Hall–Kier alpha value is -1.94. The first-order chi connectivity index (χ1) is 8.47. The Bertz CT molecular complexity index is 665. The van der Waals surface area contributed by atoms with E-state index in [1.54, 1.807) is 6.07 Å². The number of pyridine rings is 1. The summed E-state index contributed by atoms with van der Waals surface area (Å²) >= 11 is 6.03. The minimum Gasteiger partial charge on any atom is -0.259 e. The summed E-state index contributed by atoms with van der Waals surface area (Å²) in [5.41, 5.74) is 2.47. The molecule has 0 saturated heterocycles. The van der Waals surface area contributed by atoms with Crippen LogP contribution in [-0.4, -0.2) is 9.91 Å². The predicted molar refractivity (Wildman–Crippen MR) is 72.1 cm³/mol. The summed E-state index contributed by atoms with van der Waals surface area (Å²) in [4.78, 5) is 14.4. The molecule has 0 bridgehead atoms. The fraction of sp³-hybridized carbons (Fsp3) is 0.154. The summed E-state index contributed by atoms with van der Waals surface area (Å²) in [6.07, 6.45) is 1.43. The molecule has 1 heterocycles. The van der Waals surface area contributed by atoms with Gasteiger partial charge in [-0.25, -0.2) is 4.98 Å². The van der Waals surface area contributed by atoms with Gasteiger partial charge in [0.15, 0.2) is 0 Å². The van der Waals surface area contributed by atoms with Gasteiger partial charge in [-0.3, -0.25) is 10.1 Å². The molecule has 18 heavy (non-hydrogen) atoms. The van der Waals surface area contributed by atoms with Crippen molar-refractivity contribution in [2.45, 2.75) is 13.8 Å². The first-order valence-corrected chi connectivity index (χ1v) is 5.75. The average Bonchev–Trinajstić information content (AvgIpc) is 2.30. The Morgan fingerprint density at radius 3 is 2.83 bits per heavy atom. The summed E-state index contributed by atoms with van der Waals surface area (Å²) in [5, 5.41) is 11.8. The average molecular weight is 263 g/mol. The van der Waals surface area contributed by atoms with Gasteiger partial charge in [0.2, 0.25) is 5.70 Å². The molecule has 0 amide bonds. The number of aryl methyl sites for hydroxylation is 1. The molecular formula is C13H11ClN2O2. The number of rotatable bonds is 2. The van der Waals surface area contributed by atoms with E-state index in [-0.39, 0.29) is 10.9 Å². The fourth-order valence-electron chi connectivity index (χ4n) is 1.65. The quantitative estimate of drug-likeness (QED) is 0.469. The van der Waals surface area contributed by atoms with Gasteiger partial charge in [0.05, 0.1) is 10.4 Å². The zero-order valence-electron chi connectivity index (χ0n) is 9.98. The molecule has 0 radical (unpaired) electrons. The molecule has 1 aromatic carbocycles. The molecule has 0 unspecified atom stereocenters. The second kappa shape index (κ2) is 4.74. The number of fused-ring (bicyclic) bond motifs is 1. The molecule has 0 aliphatic carbocycles. The zero-order chi connectivity index (χ0) is 13.3. The monoisotopic (exact) mass is 262 g/mol. The summed E-state index contributed by atoms with van der Waals surface area (Å²) < 4.78 is 0. The first kappa shape index (κ1) is 12.5. The van der Waals surface area contributed by atoms with Gasteiger partial charge in [0.1, 0.15) is 5.15 Å². The van der Waals surface area contributed by atoms with Gasteiger partial charge in [-0.1, -0.05) is 23.7 Å². The number of halogens is 1. The molecule has 1 aromatic heterocycles. The summed E-state index contributed by atoms with van der Waals surface area (Å²) in [6, 6.07) is 7.62. The SMILES string of the molecule is CC(=Cc1cc2ccc(C)cc2nc1Cl)[N+](=O)[O-]. The lowest BCUT2D eigenvalue weighted by molar-refractivity contribution is -0.422. The molecule has 2 rings (SSSR count). The second-order valence-corrected chi connectivity index (χ2v) is 4.47. The van der Waals surface area contributed by atoms with Crippen LogP contribution in [-0.2, 0) is 0 Å². The van der Waals surface area contributed by atoms with E-state index in [9.17, 15) is 10.1 Å². The molecule has 4 nitrogen and oxygen atoms in total. The van der Waals surface area contributed by atoms with Crippen molar-refractivity contribution in [3.63, 3.8) is 0 Å². The van der Waals surface area contributed by atoms with E-state index in [1.165, 1.54) is 13.0 Å². The number of nitro groups is 1. The van der Waals surface area contributed by atoms with Gasteiger partial charge < -0.3 is 0 Å². The predicted octanol–water partition coefficient (Wildman–Crippen LogP) is 3.83. The van der Waals surface area contributed by atoms with E-state index in [0.29, 0.717) is 5.56 Å². The van der Waals surface area contributed by atoms with Gasteiger partial charge in [0, 0.05) is 23.9 Å². The van der Waals surface area contributed by atoms with Crippen molar-refractivity contribution < 1.29 is 4.92 Å². The van der Waals surface area contributed by atoms with Gasteiger partial charge >= 0.3 is 0 Å². The van der Waals surface area contributed by atoms with Crippen molar-refractivity contribution in [1.29, 1.82) is 0 Å². The van der Waals surface area contributed by atoms with Crippen LogP contribution in [0, 0.1) is 17.0 Å². The highest BCUT2D eigenvalue weighted by molar-refractivity contribution is 6.31. The lowest BCUT2D eigenvalue weighted by Crippen LogP contribution is -1.94. The molecule has 0 spiro atoms. The molecule has 0 N–H and O–H groups in total. The summed E-state index contributed by atoms with van der Waals surface area (Å²) in [6.45, 7) is 3.40. The Balaban J connectivity index is 2.60. The van der Waals surface area contributed by atoms with E-state index < -0.39 is 4.92 Å². The maximum atomic E-state index is 10.6. The molecule has 92 valence electrons. The second-order valence-electron chi connectivity index (χ2n) is 4.11. The van der Waals surface area contributed by atoms with Crippen molar-refractivity contribution >= 4 is 28.6 Å². The topological polar surface area (TPSA) is 56.0 Å². The molecular weight excluding hydrogens is 252 g/mol. The van der Waals surface area contributed by atoms with Gasteiger partial charge in [-0.15, -0.1) is 0 Å². The smallest absolute Gasteiger partial charge is 0.243 e. The van der Waals surface area contributed by atoms with E-state index >= 15 is 0 Å². The molecule has 0 fully saturated rings. The van der Waals surface area contributed by atoms with Crippen LogP contribution < -0.4 is 0 Å². The fourth-order valence-corrected chi connectivity index (χ4v) is 1.85. The van der Waals surface area contributed by atoms with Crippen molar-refractivity contribution in [3.05, 3.63) is 56.4 Å². The highest BCUT2D eigenvalue weighted by Gasteiger charge is 2.08. The highest BCUT2D eigenvalue weighted by Crippen LogP contribution is 2.23. The number of nitrogens with zero attached hydrogens (tertiary/aromatic N) is 2. The molecule has 0 saturated carbocycles. The lowest BCUT2D eigenvalue weighted by atomic mass is 10.1. The third-order valence-corrected chi connectivity index (χ3v) is 2.91. The Morgan fingerprint density at radius 2 is 2.17 bits per heavy atom. The van der Waals surface area contributed by atoms with E-state index in [0.717, 1.165) is 16.5 Å². The number of benzene rings is 1. The van der Waals surface area contributed by atoms with Crippen LogP contribution >= 0.6 is 11.6 Å². The van der Waals surface area contributed by atoms with Crippen LogP contribution in [0.5, 0.6) is 0 Å². The number of hydrogen-bond acceptors (Lipinski definition) is 3. The normalized spacial score (nSPS) is 11.8. The van der Waals surface area contributed by atoms with Crippen LogP contribution in [0.4, 0.5) is 0 Å². The third kappa shape index (κ3) is 2.49. The number of aromatic nitrogens is 1. The third-order valence-electron chi connectivity index (χ3n) is 2.61. The van der Waals surface area contributed by atoms with Crippen LogP contribution in [0.1, 0.15) is 18.1 Å². The van der Waals surface area contributed by atoms with E-state index in [1.807, 2.05) is 25.1 Å². The van der Waals surface area contributed by atoms with Crippen molar-refractivity contribution in [3.8, 4) is 0 Å². The molecule has 2 aromatic rings. The Morgan fingerprint density at radius 1 is 1.44 bits per heavy atom. The molecule has 5 heteroatoms. The van der Waals surface area contributed by atoms with Crippen LogP contribution in [0.25, 0.3) is 17.0 Å². The van der Waals surface area contributed by atoms with Crippen molar-refractivity contribution in [1.82, 2.24) is 4.98 Å². The van der Waals surface area contributed by atoms with Crippen LogP contribution in [0.3, 0.4) is 0 Å². The van der Waals surface area contributed by atoms with Gasteiger partial charge in [-0.05, 0) is 24.6 Å². The molecule has 0 atom stereocenters. The summed E-state index contributed by atoms with van der Waals surface area (Å²) in [5.74, 6) is 0. The zero-order valence-corrected chi connectivity index (χ0v) is 10.7. The van der Waals surface area contributed by atoms with Gasteiger partial charge in [-0.2, -0.15) is 0 Å². The number of allylic oxidation sites excluding steroid dienone is 1. The molecule has 0 aliphatic heterocycles. The maximum Gasteiger partial charge on any atom is 0.243 e. The minimum atomic E-state index is -0.449. The first-order valence-electron chi connectivity index (χ1n) is 5.37. The molecule has 0 aliphatic rings. The number of hydrogen-bond donors (Lipinski definition) is 0. The standard InChI is InChI=1S/C13H11ClN2O2/c1-8-3-4-10-7-11(6-9(2)16(17)18)13(14)15-12(10)5-8/h3-7H,1-2H3. The van der Waals surface area contributed by atoms with Crippen molar-refractivity contribution in [2.24, 2.45) is 0 Å². The van der Waals surface area contributed by atoms with Crippen molar-refractivity contribution in [2.75, 3.05) is 0 Å². The van der Waals surface area contributed by atoms with Crippen LogP contribution in [0.15, 0.2) is 30.0 Å². The van der Waals surface area contributed by atoms with Gasteiger partial charge in [0.25, 0.3) is 0 Å².